The van der Waals surface area contributed by atoms with Crippen LogP contribution < -0.4 is 0 Å². The van der Waals surface area contributed by atoms with Crippen molar-refractivity contribution in [1.29, 1.82) is 5.26 Å². The van der Waals surface area contributed by atoms with E-state index in [1.165, 1.54) is 0 Å². The number of furan rings is 1. The van der Waals surface area contributed by atoms with Crippen LogP contribution in [0.5, 0.6) is 0 Å². The molecule has 0 radical (unpaired) electrons. The molecule has 2 aromatic rings. The molecule has 1 aromatic heterocycles. The second kappa shape index (κ2) is 5.39. The summed E-state index contributed by atoms with van der Waals surface area (Å²) in [5.41, 5.74) is 1.37. The maximum atomic E-state index is 9.12. The summed E-state index contributed by atoms with van der Waals surface area (Å²) in [4.78, 5) is 0. The predicted molar refractivity (Wildman–Crippen MR) is 76.4 cm³/mol. The molecule has 1 heterocycles. The topological polar surface area (TPSA) is 36.9 Å². The number of nitrogens with zero attached hydrogens (tertiary/aromatic N) is 1. The van der Waals surface area contributed by atoms with Crippen LogP contribution in [-0.2, 0) is 0 Å². The average Bonchev–Trinajstić information content (AvgIpc) is 2.73. The standard InChI is InChI=1S/C13H7ClINO/c14-11-3-1-9(2-4-11)10(8-16)7-12-5-6-13(15)17-12/h1-7H/b10-7+. The minimum Gasteiger partial charge on any atom is -0.451 e. The van der Waals surface area contributed by atoms with Crippen molar-refractivity contribution in [2.24, 2.45) is 0 Å². The molecule has 0 bridgehead atoms. The van der Waals surface area contributed by atoms with Gasteiger partial charge in [0.25, 0.3) is 0 Å². The van der Waals surface area contributed by atoms with Crippen molar-refractivity contribution in [3.8, 4) is 6.07 Å². The molecule has 0 aliphatic rings. The van der Waals surface area contributed by atoms with Crippen LogP contribution >= 0.6 is 34.2 Å². The number of rotatable bonds is 2. The molecule has 4 heteroatoms. The lowest BCUT2D eigenvalue weighted by molar-refractivity contribution is 0.528. The molecule has 1 aromatic carbocycles. The number of halogens is 2. The van der Waals surface area contributed by atoms with Crippen LogP contribution in [0.4, 0.5) is 0 Å². The van der Waals surface area contributed by atoms with E-state index >= 15 is 0 Å². The fraction of sp³-hybridized carbons (Fsp3) is 0. The fourth-order valence-corrected chi connectivity index (χ4v) is 1.92. The third kappa shape index (κ3) is 3.11. The van der Waals surface area contributed by atoms with Crippen molar-refractivity contribution < 1.29 is 4.42 Å². The average molecular weight is 356 g/mol. The van der Waals surface area contributed by atoms with Gasteiger partial charge in [0, 0.05) is 5.02 Å². The Balaban J connectivity index is 2.37. The van der Waals surface area contributed by atoms with E-state index in [0.717, 1.165) is 9.33 Å². The van der Waals surface area contributed by atoms with E-state index in [4.69, 9.17) is 21.3 Å². The Morgan fingerprint density at radius 1 is 1.24 bits per heavy atom. The lowest BCUT2D eigenvalue weighted by Crippen LogP contribution is -1.80. The van der Waals surface area contributed by atoms with E-state index in [1.54, 1.807) is 18.2 Å². The molecule has 84 valence electrons. The number of nitriles is 1. The second-order valence-corrected chi connectivity index (χ2v) is 4.82. The minimum atomic E-state index is 0.549. The first-order chi connectivity index (χ1) is 8.19. The van der Waals surface area contributed by atoms with Crippen molar-refractivity contribution in [2.45, 2.75) is 0 Å². The summed E-state index contributed by atoms with van der Waals surface area (Å²) < 4.78 is 6.19. The molecule has 0 spiro atoms. The van der Waals surface area contributed by atoms with Gasteiger partial charge in [-0.1, -0.05) is 23.7 Å². The van der Waals surface area contributed by atoms with Gasteiger partial charge in [-0.15, -0.1) is 0 Å². The maximum absolute atomic E-state index is 9.12. The summed E-state index contributed by atoms with van der Waals surface area (Å²) in [6, 6.07) is 13.0. The summed E-state index contributed by atoms with van der Waals surface area (Å²) in [7, 11) is 0. The Morgan fingerprint density at radius 2 is 1.94 bits per heavy atom. The highest BCUT2D eigenvalue weighted by atomic mass is 127. The van der Waals surface area contributed by atoms with Crippen LogP contribution in [0.1, 0.15) is 11.3 Å². The molecular formula is C13H7ClINO. The molecule has 0 aliphatic heterocycles. The smallest absolute Gasteiger partial charge is 0.164 e. The number of allylic oxidation sites excluding steroid dienone is 1. The van der Waals surface area contributed by atoms with Crippen molar-refractivity contribution in [1.82, 2.24) is 0 Å². The largest absolute Gasteiger partial charge is 0.451 e. The summed E-state index contributed by atoms with van der Waals surface area (Å²) in [6.45, 7) is 0. The second-order valence-electron chi connectivity index (χ2n) is 3.32. The normalized spacial score (nSPS) is 11.2. The Hall–Kier alpha value is -1.25. The lowest BCUT2D eigenvalue weighted by atomic mass is 10.1. The van der Waals surface area contributed by atoms with Gasteiger partial charge < -0.3 is 4.42 Å². The zero-order chi connectivity index (χ0) is 12.3. The zero-order valence-electron chi connectivity index (χ0n) is 8.65. The molecule has 17 heavy (non-hydrogen) atoms. The molecule has 0 saturated heterocycles. The van der Waals surface area contributed by atoms with Crippen LogP contribution in [0.25, 0.3) is 11.6 Å². The van der Waals surface area contributed by atoms with Crippen LogP contribution in [0, 0.1) is 15.1 Å². The SMILES string of the molecule is N#C/C(=C\c1ccc(I)o1)c1ccc(Cl)cc1. The first-order valence-electron chi connectivity index (χ1n) is 4.82. The third-order valence-electron chi connectivity index (χ3n) is 2.16. The summed E-state index contributed by atoms with van der Waals surface area (Å²) in [5, 5.41) is 9.77. The van der Waals surface area contributed by atoms with E-state index in [2.05, 4.69) is 28.7 Å². The van der Waals surface area contributed by atoms with Crippen LogP contribution in [-0.4, -0.2) is 0 Å². The molecule has 0 aliphatic carbocycles. The summed E-state index contributed by atoms with van der Waals surface area (Å²) >= 11 is 7.88. The van der Waals surface area contributed by atoms with Gasteiger partial charge >= 0.3 is 0 Å². The lowest BCUT2D eigenvalue weighted by Gasteiger charge is -1.98. The van der Waals surface area contributed by atoms with Crippen molar-refractivity contribution >= 4 is 45.8 Å². The number of hydrogen-bond donors (Lipinski definition) is 0. The molecule has 0 saturated carbocycles. The first-order valence-corrected chi connectivity index (χ1v) is 6.28. The van der Waals surface area contributed by atoms with E-state index in [-0.39, 0.29) is 0 Å². The Bertz CT molecular complexity index is 593. The molecule has 0 fully saturated rings. The van der Waals surface area contributed by atoms with E-state index < -0.39 is 0 Å². The summed E-state index contributed by atoms with van der Waals surface area (Å²) in [5.74, 6) is 0.668. The van der Waals surface area contributed by atoms with Gasteiger partial charge in [-0.25, -0.2) is 0 Å². The third-order valence-corrected chi connectivity index (χ3v) is 2.99. The van der Waals surface area contributed by atoms with Gasteiger partial charge in [0.2, 0.25) is 0 Å². The molecule has 0 amide bonds. The number of hydrogen-bond acceptors (Lipinski definition) is 2. The van der Waals surface area contributed by atoms with Crippen molar-refractivity contribution in [2.75, 3.05) is 0 Å². The molecular weight excluding hydrogens is 349 g/mol. The Labute approximate surface area is 118 Å². The Morgan fingerprint density at radius 3 is 2.47 bits per heavy atom. The van der Waals surface area contributed by atoms with E-state index in [9.17, 15) is 0 Å². The van der Waals surface area contributed by atoms with Gasteiger partial charge in [0.05, 0.1) is 11.6 Å². The van der Waals surface area contributed by atoms with Crippen LogP contribution in [0.3, 0.4) is 0 Å². The van der Waals surface area contributed by atoms with Gasteiger partial charge in [-0.05, 0) is 58.5 Å². The highest BCUT2D eigenvalue weighted by Crippen LogP contribution is 2.21. The molecule has 0 unspecified atom stereocenters. The van der Waals surface area contributed by atoms with Gasteiger partial charge in [0.15, 0.2) is 3.77 Å². The van der Waals surface area contributed by atoms with E-state index in [0.29, 0.717) is 16.4 Å². The molecule has 2 nitrogen and oxygen atoms in total. The molecule has 0 atom stereocenters. The highest BCUT2D eigenvalue weighted by Gasteiger charge is 2.03. The van der Waals surface area contributed by atoms with Crippen molar-refractivity contribution in [3.63, 3.8) is 0 Å². The number of benzene rings is 1. The van der Waals surface area contributed by atoms with Crippen LogP contribution in [0.2, 0.25) is 5.02 Å². The molecule has 2 rings (SSSR count). The zero-order valence-corrected chi connectivity index (χ0v) is 11.6. The van der Waals surface area contributed by atoms with E-state index in [1.807, 2.05) is 24.3 Å². The van der Waals surface area contributed by atoms with Gasteiger partial charge in [-0.3, -0.25) is 0 Å². The van der Waals surface area contributed by atoms with Crippen LogP contribution in [0.15, 0.2) is 40.8 Å². The van der Waals surface area contributed by atoms with Gasteiger partial charge in [-0.2, -0.15) is 5.26 Å². The monoisotopic (exact) mass is 355 g/mol. The first kappa shape index (κ1) is 12.2. The minimum absolute atomic E-state index is 0.549. The van der Waals surface area contributed by atoms with Gasteiger partial charge in [0.1, 0.15) is 5.76 Å². The quantitative estimate of drug-likeness (QED) is 0.583. The maximum Gasteiger partial charge on any atom is 0.164 e. The van der Waals surface area contributed by atoms with Crippen molar-refractivity contribution in [3.05, 3.63) is 56.5 Å². The molecule has 0 N–H and O–H groups in total. The predicted octanol–water partition coefficient (Wildman–Crippen LogP) is 4.60. The fourth-order valence-electron chi connectivity index (χ4n) is 1.36. The highest BCUT2D eigenvalue weighted by molar-refractivity contribution is 14.1. The summed E-state index contributed by atoms with van der Waals surface area (Å²) in [6.07, 6.45) is 1.71. The Kier molecular flexibility index (Phi) is 3.87.